The molecule has 1 saturated heterocycles. The van der Waals surface area contributed by atoms with Crippen LogP contribution in [0.1, 0.15) is 5.56 Å². The number of rotatable bonds is 2. The lowest BCUT2D eigenvalue weighted by Crippen LogP contribution is -2.53. The standard InChI is InChI=1S/C13H18ClN3O/c1-9-5-11(14)3-4-12(9)17-8-10(6-15)7-16(2)13(17)18/h3-5,10H,6-8,15H2,1-2H3. The zero-order valence-electron chi connectivity index (χ0n) is 10.7. The van der Waals surface area contributed by atoms with Gasteiger partial charge in [0.15, 0.2) is 0 Å². The number of benzene rings is 1. The molecule has 1 heterocycles. The smallest absolute Gasteiger partial charge is 0.324 e. The van der Waals surface area contributed by atoms with E-state index in [0.717, 1.165) is 17.8 Å². The van der Waals surface area contributed by atoms with Crippen LogP contribution in [0.2, 0.25) is 5.02 Å². The third-order valence-corrected chi connectivity index (χ3v) is 3.55. The molecule has 1 unspecified atom stereocenters. The number of urea groups is 1. The molecule has 0 aliphatic carbocycles. The Bertz CT molecular complexity index is 464. The van der Waals surface area contributed by atoms with Crippen molar-refractivity contribution in [3.05, 3.63) is 28.8 Å². The quantitative estimate of drug-likeness (QED) is 0.892. The molecule has 2 rings (SSSR count). The summed E-state index contributed by atoms with van der Waals surface area (Å²) >= 11 is 5.94. The second-order valence-corrected chi connectivity index (χ2v) is 5.24. The van der Waals surface area contributed by atoms with Gasteiger partial charge >= 0.3 is 6.03 Å². The van der Waals surface area contributed by atoms with E-state index in [1.54, 1.807) is 9.80 Å². The van der Waals surface area contributed by atoms with Gasteiger partial charge < -0.3 is 10.6 Å². The highest BCUT2D eigenvalue weighted by molar-refractivity contribution is 6.30. The number of carbonyl (C=O) groups excluding carboxylic acids is 1. The van der Waals surface area contributed by atoms with Gasteiger partial charge in [0.2, 0.25) is 0 Å². The van der Waals surface area contributed by atoms with Crippen molar-refractivity contribution < 1.29 is 4.79 Å². The van der Waals surface area contributed by atoms with Crippen molar-refractivity contribution in [2.24, 2.45) is 11.7 Å². The largest absolute Gasteiger partial charge is 0.330 e. The minimum absolute atomic E-state index is 0.0186. The third kappa shape index (κ3) is 2.44. The summed E-state index contributed by atoms with van der Waals surface area (Å²) in [5.41, 5.74) is 7.64. The number of carbonyl (C=O) groups is 1. The first kappa shape index (κ1) is 13.2. The number of nitrogens with zero attached hydrogens (tertiary/aromatic N) is 2. The number of hydrogen-bond donors (Lipinski definition) is 1. The molecule has 2 amide bonds. The molecule has 1 aliphatic heterocycles. The number of anilines is 1. The van der Waals surface area contributed by atoms with Gasteiger partial charge in [0.1, 0.15) is 0 Å². The number of nitrogens with two attached hydrogens (primary N) is 1. The van der Waals surface area contributed by atoms with Crippen molar-refractivity contribution >= 4 is 23.3 Å². The molecule has 1 aliphatic rings. The lowest BCUT2D eigenvalue weighted by molar-refractivity contribution is 0.194. The highest BCUT2D eigenvalue weighted by Gasteiger charge is 2.30. The van der Waals surface area contributed by atoms with E-state index >= 15 is 0 Å². The summed E-state index contributed by atoms with van der Waals surface area (Å²) in [6.07, 6.45) is 0. The SMILES string of the molecule is Cc1cc(Cl)ccc1N1CC(CN)CN(C)C1=O. The van der Waals surface area contributed by atoms with Crippen molar-refractivity contribution in [3.63, 3.8) is 0 Å². The topological polar surface area (TPSA) is 49.6 Å². The fraction of sp³-hybridized carbons (Fsp3) is 0.462. The van der Waals surface area contributed by atoms with E-state index in [0.29, 0.717) is 24.0 Å². The number of aryl methyl sites for hydroxylation is 1. The zero-order chi connectivity index (χ0) is 13.3. The van der Waals surface area contributed by atoms with Crippen molar-refractivity contribution in [3.8, 4) is 0 Å². The molecule has 0 bridgehead atoms. The Morgan fingerprint density at radius 3 is 2.78 bits per heavy atom. The van der Waals surface area contributed by atoms with Crippen LogP contribution in [0.4, 0.5) is 10.5 Å². The van der Waals surface area contributed by atoms with E-state index in [1.165, 1.54) is 0 Å². The van der Waals surface area contributed by atoms with Crippen molar-refractivity contribution in [1.82, 2.24) is 4.90 Å². The monoisotopic (exact) mass is 267 g/mol. The fourth-order valence-electron chi connectivity index (χ4n) is 2.34. The van der Waals surface area contributed by atoms with Gasteiger partial charge in [-0.25, -0.2) is 4.79 Å². The molecular formula is C13H18ClN3O. The number of halogens is 1. The summed E-state index contributed by atoms with van der Waals surface area (Å²) in [4.78, 5) is 15.7. The van der Waals surface area contributed by atoms with Crippen LogP contribution in [0, 0.1) is 12.8 Å². The summed E-state index contributed by atoms with van der Waals surface area (Å²) in [5.74, 6) is 0.308. The summed E-state index contributed by atoms with van der Waals surface area (Å²) in [5, 5.41) is 0.685. The molecule has 0 radical (unpaired) electrons. The van der Waals surface area contributed by atoms with E-state index < -0.39 is 0 Å². The molecular weight excluding hydrogens is 250 g/mol. The Morgan fingerprint density at radius 2 is 2.17 bits per heavy atom. The molecule has 1 aromatic rings. The van der Waals surface area contributed by atoms with Gasteiger partial charge in [-0.2, -0.15) is 0 Å². The molecule has 0 spiro atoms. The van der Waals surface area contributed by atoms with E-state index in [4.69, 9.17) is 17.3 Å². The highest BCUT2D eigenvalue weighted by atomic mass is 35.5. The first-order valence-electron chi connectivity index (χ1n) is 6.01. The number of hydrogen-bond acceptors (Lipinski definition) is 2. The fourth-order valence-corrected chi connectivity index (χ4v) is 2.56. The second-order valence-electron chi connectivity index (χ2n) is 4.81. The van der Waals surface area contributed by atoms with Crippen LogP contribution >= 0.6 is 11.6 Å². The zero-order valence-corrected chi connectivity index (χ0v) is 11.4. The van der Waals surface area contributed by atoms with E-state index in [1.807, 2.05) is 32.2 Å². The molecule has 5 heteroatoms. The molecule has 0 aromatic heterocycles. The molecule has 1 atom stereocenters. The van der Waals surface area contributed by atoms with Crippen molar-refractivity contribution in [1.29, 1.82) is 0 Å². The molecule has 1 aromatic carbocycles. The number of amides is 2. The molecule has 1 fully saturated rings. The maximum absolute atomic E-state index is 12.2. The Kier molecular flexibility index (Phi) is 3.78. The van der Waals surface area contributed by atoms with Gasteiger partial charge in [-0.15, -0.1) is 0 Å². The third-order valence-electron chi connectivity index (χ3n) is 3.31. The average Bonchev–Trinajstić information content (AvgIpc) is 2.33. The van der Waals surface area contributed by atoms with Crippen molar-refractivity contribution in [2.75, 3.05) is 31.6 Å². The van der Waals surface area contributed by atoms with Gasteiger partial charge in [-0.3, -0.25) is 4.90 Å². The predicted octanol–water partition coefficient (Wildman–Crippen LogP) is 2.10. The maximum Gasteiger partial charge on any atom is 0.324 e. The van der Waals surface area contributed by atoms with Crippen LogP contribution in [-0.2, 0) is 0 Å². The minimum Gasteiger partial charge on any atom is -0.330 e. The molecule has 18 heavy (non-hydrogen) atoms. The molecule has 0 saturated carbocycles. The first-order chi connectivity index (χ1) is 8.52. The van der Waals surface area contributed by atoms with Gasteiger partial charge in [-0.05, 0) is 37.2 Å². The van der Waals surface area contributed by atoms with Gasteiger partial charge in [0, 0.05) is 36.8 Å². The first-order valence-corrected chi connectivity index (χ1v) is 6.39. The van der Waals surface area contributed by atoms with Crippen LogP contribution in [0.15, 0.2) is 18.2 Å². The molecule has 98 valence electrons. The highest BCUT2D eigenvalue weighted by Crippen LogP contribution is 2.27. The van der Waals surface area contributed by atoms with Gasteiger partial charge in [-0.1, -0.05) is 11.6 Å². The maximum atomic E-state index is 12.2. The predicted molar refractivity (Wildman–Crippen MR) is 74.1 cm³/mol. The van der Waals surface area contributed by atoms with Crippen LogP contribution in [0.25, 0.3) is 0 Å². The van der Waals surface area contributed by atoms with Gasteiger partial charge in [0.25, 0.3) is 0 Å². The van der Waals surface area contributed by atoms with Gasteiger partial charge in [0.05, 0.1) is 0 Å². The summed E-state index contributed by atoms with van der Waals surface area (Å²) in [6, 6.07) is 5.59. The normalized spacial score (nSPS) is 20.4. The lowest BCUT2D eigenvalue weighted by Gasteiger charge is -2.38. The second kappa shape index (κ2) is 5.16. The summed E-state index contributed by atoms with van der Waals surface area (Å²) in [6.45, 7) is 3.93. The Labute approximate surface area is 112 Å². The Morgan fingerprint density at radius 1 is 1.44 bits per heavy atom. The average molecular weight is 268 g/mol. The molecule has 4 nitrogen and oxygen atoms in total. The molecule has 2 N–H and O–H groups in total. The van der Waals surface area contributed by atoms with Crippen LogP contribution < -0.4 is 10.6 Å². The van der Waals surface area contributed by atoms with E-state index in [-0.39, 0.29) is 6.03 Å². The minimum atomic E-state index is 0.0186. The lowest BCUT2D eigenvalue weighted by atomic mass is 10.0. The summed E-state index contributed by atoms with van der Waals surface area (Å²) in [7, 11) is 1.81. The van der Waals surface area contributed by atoms with Crippen molar-refractivity contribution in [2.45, 2.75) is 6.92 Å². The Hall–Kier alpha value is -1.26. The summed E-state index contributed by atoms with van der Waals surface area (Å²) < 4.78 is 0. The van der Waals surface area contributed by atoms with Crippen LogP contribution in [0.5, 0.6) is 0 Å². The van der Waals surface area contributed by atoms with E-state index in [2.05, 4.69) is 0 Å². The Balaban J connectivity index is 2.32. The van der Waals surface area contributed by atoms with E-state index in [9.17, 15) is 4.79 Å². The van der Waals surface area contributed by atoms with Crippen LogP contribution in [-0.4, -0.2) is 37.6 Å². The van der Waals surface area contributed by atoms with Crippen LogP contribution in [0.3, 0.4) is 0 Å².